The summed E-state index contributed by atoms with van der Waals surface area (Å²) >= 11 is 0. The minimum Gasteiger partial charge on any atom is -0.479 e. The van der Waals surface area contributed by atoms with Crippen molar-refractivity contribution in [3.63, 3.8) is 0 Å². The van der Waals surface area contributed by atoms with Crippen LogP contribution in [0.15, 0.2) is 52.0 Å². The predicted octanol–water partition coefficient (Wildman–Crippen LogP) is 3.71. The molecule has 1 aromatic carbocycles. The van der Waals surface area contributed by atoms with E-state index >= 15 is 0 Å². The molecular weight excluding hydrogens is 626 g/mol. The van der Waals surface area contributed by atoms with Crippen molar-refractivity contribution in [3.8, 4) is 0 Å². The monoisotopic (exact) mass is 669 g/mol. The van der Waals surface area contributed by atoms with Crippen LogP contribution in [0.25, 0.3) is 11.0 Å². The highest BCUT2D eigenvalue weighted by Crippen LogP contribution is 2.47. The number of amides is 2. The summed E-state index contributed by atoms with van der Waals surface area (Å²) in [5.74, 6) is -4.68. The van der Waals surface area contributed by atoms with Gasteiger partial charge in [0.1, 0.15) is 22.8 Å². The number of aliphatic carboxylic acids is 1. The molecule has 254 valence electrons. The second kappa shape index (κ2) is 12.4. The first-order chi connectivity index (χ1) is 22.2. The smallest absolute Gasteiger partial charge is 0.330 e. The van der Waals surface area contributed by atoms with Crippen LogP contribution in [0, 0.1) is 23.7 Å². The zero-order chi connectivity index (χ0) is 33.7. The number of carbonyl (C=O) groups excluding carboxylic acids is 3. The maximum absolute atomic E-state index is 14.3. The van der Waals surface area contributed by atoms with Crippen molar-refractivity contribution in [1.82, 2.24) is 14.5 Å². The molecule has 2 N–H and O–H groups in total. The molecule has 3 aliphatic heterocycles. The van der Waals surface area contributed by atoms with Gasteiger partial charge in [-0.3, -0.25) is 14.4 Å². The first kappa shape index (κ1) is 33.2. The van der Waals surface area contributed by atoms with E-state index in [9.17, 15) is 32.7 Å². The number of sulfonamides is 1. The largest absolute Gasteiger partial charge is 0.479 e. The van der Waals surface area contributed by atoms with Gasteiger partial charge in [0, 0.05) is 42.8 Å². The Morgan fingerprint density at radius 3 is 2.64 bits per heavy atom. The zero-order valence-electron chi connectivity index (χ0n) is 27.0. The number of carboxylic acids is 1. The van der Waals surface area contributed by atoms with Crippen LogP contribution in [-0.4, -0.2) is 83.3 Å². The van der Waals surface area contributed by atoms with Gasteiger partial charge in [0.05, 0.1) is 17.6 Å². The maximum Gasteiger partial charge on any atom is 0.330 e. The number of nitrogens with one attached hydrogen (secondary N) is 1. The van der Waals surface area contributed by atoms with Gasteiger partial charge in [-0.05, 0) is 76.6 Å². The SMILES string of the molecule is CC(C)(C)OC(=O)C[C@@H]1CCCCC/C=C\[C@@H]2C[C@@]2(C(=O)O)NC(=O)[C@@H]2[C@H]3CN(S(=O)(=O)c4ccc5occc5c4)C[C@H]3CN2C1=O. The molecule has 0 bridgehead atoms. The minimum absolute atomic E-state index is 0.0155. The van der Waals surface area contributed by atoms with Crippen LogP contribution < -0.4 is 5.32 Å². The van der Waals surface area contributed by atoms with Gasteiger partial charge in [-0.25, -0.2) is 13.2 Å². The van der Waals surface area contributed by atoms with Gasteiger partial charge in [0.2, 0.25) is 21.8 Å². The lowest BCUT2D eigenvalue weighted by Gasteiger charge is -2.32. The van der Waals surface area contributed by atoms with Gasteiger partial charge >= 0.3 is 11.9 Å². The van der Waals surface area contributed by atoms with Gasteiger partial charge in [-0.2, -0.15) is 4.31 Å². The molecule has 2 aromatic rings. The van der Waals surface area contributed by atoms with E-state index in [4.69, 9.17) is 9.15 Å². The van der Waals surface area contributed by atoms with E-state index in [1.54, 1.807) is 39.0 Å². The number of allylic oxidation sites excluding steroid dienone is 1. The summed E-state index contributed by atoms with van der Waals surface area (Å²) in [6, 6.07) is 5.22. The highest BCUT2D eigenvalue weighted by Gasteiger charge is 2.63. The number of hydrogen-bond donors (Lipinski definition) is 2. The van der Waals surface area contributed by atoms with E-state index in [1.165, 1.54) is 21.5 Å². The van der Waals surface area contributed by atoms with Crippen LogP contribution >= 0.6 is 0 Å². The van der Waals surface area contributed by atoms with Gasteiger partial charge in [-0.1, -0.05) is 25.0 Å². The molecule has 3 fully saturated rings. The minimum atomic E-state index is -3.95. The third-order valence-electron chi connectivity index (χ3n) is 9.96. The molecule has 2 saturated heterocycles. The van der Waals surface area contributed by atoms with Crippen LogP contribution in [0.5, 0.6) is 0 Å². The molecule has 6 rings (SSSR count). The first-order valence-corrected chi connectivity index (χ1v) is 17.9. The average molecular weight is 670 g/mol. The fraction of sp³-hybridized carbons (Fsp3) is 0.588. The normalized spacial score (nSPS) is 31.2. The lowest BCUT2D eigenvalue weighted by molar-refractivity contribution is -0.159. The summed E-state index contributed by atoms with van der Waals surface area (Å²) in [7, 11) is -3.95. The van der Waals surface area contributed by atoms with E-state index in [-0.39, 0.29) is 55.1 Å². The average Bonchev–Trinajstić information content (AvgIpc) is 3.32. The molecule has 4 heterocycles. The fourth-order valence-corrected chi connectivity index (χ4v) is 9.07. The van der Waals surface area contributed by atoms with Crippen LogP contribution in [0.2, 0.25) is 0 Å². The number of esters is 1. The van der Waals surface area contributed by atoms with Crippen LogP contribution in [-0.2, 0) is 33.9 Å². The number of carboxylic acid groups (broad SMARTS) is 1. The molecule has 0 unspecified atom stereocenters. The molecule has 0 radical (unpaired) electrons. The third kappa shape index (κ3) is 6.56. The van der Waals surface area contributed by atoms with Crippen LogP contribution in [0.4, 0.5) is 0 Å². The number of rotatable bonds is 5. The van der Waals surface area contributed by atoms with Crippen molar-refractivity contribution in [3.05, 3.63) is 42.7 Å². The van der Waals surface area contributed by atoms with Crippen molar-refractivity contribution in [2.75, 3.05) is 19.6 Å². The summed E-state index contributed by atoms with van der Waals surface area (Å²) < 4.78 is 39.9. The zero-order valence-corrected chi connectivity index (χ0v) is 27.8. The van der Waals surface area contributed by atoms with Crippen molar-refractivity contribution < 1.29 is 41.9 Å². The molecule has 1 aromatic heterocycles. The van der Waals surface area contributed by atoms with Gasteiger partial charge in [0.25, 0.3) is 0 Å². The summed E-state index contributed by atoms with van der Waals surface area (Å²) in [6.45, 7) is 5.47. The van der Waals surface area contributed by atoms with Crippen LogP contribution in [0.3, 0.4) is 0 Å². The van der Waals surface area contributed by atoms with Gasteiger partial charge < -0.3 is 24.5 Å². The van der Waals surface area contributed by atoms with Crippen molar-refractivity contribution in [2.45, 2.75) is 87.8 Å². The highest BCUT2D eigenvalue weighted by atomic mass is 32.2. The molecule has 1 saturated carbocycles. The summed E-state index contributed by atoms with van der Waals surface area (Å²) in [6.07, 6.45) is 8.90. The molecule has 2 amide bonds. The quantitative estimate of drug-likeness (QED) is 0.357. The van der Waals surface area contributed by atoms with Crippen LogP contribution in [0.1, 0.15) is 65.7 Å². The molecule has 0 spiro atoms. The van der Waals surface area contributed by atoms with Gasteiger partial charge in [-0.15, -0.1) is 0 Å². The number of ether oxygens (including phenoxy) is 1. The van der Waals surface area contributed by atoms with Crippen molar-refractivity contribution in [2.24, 2.45) is 23.7 Å². The van der Waals surface area contributed by atoms with E-state index in [0.717, 1.165) is 19.3 Å². The third-order valence-corrected chi connectivity index (χ3v) is 11.8. The summed E-state index contributed by atoms with van der Waals surface area (Å²) in [5, 5.41) is 13.6. The number of benzene rings is 1. The summed E-state index contributed by atoms with van der Waals surface area (Å²) in [5.41, 5.74) is -1.66. The lowest BCUT2D eigenvalue weighted by atomic mass is 9.92. The van der Waals surface area contributed by atoms with Gasteiger partial charge in [0.15, 0.2) is 0 Å². The Morgan fingerprint density at radius 2 is 1.89 bits per heavy atom. The second-order valence-electron chi connectivity index (χ2n) is 14.4. The Bertz CT molecular complexity index is 1710. The topological polar surface area (TPSA) is 164 Å². The molecule has 1 aliphatic carbocycles. The number of fused-ring (bicyclic) bond motifs is 5. The Morgan fingerprint density at radius 1 is 1.11 bits per heavy atom. The predicted molar refractivity (Wildman–Crippen MR) is 170 cm³/mol. The molecule has 13 heteroatoms. The van der Waals surface area contributed by atoms with E-state index in [2.05, 4.69) is 5.32 Å². The molecular formula is C34H43N3O9S. The Labute approximate surface area is 274 Å². The standard InChI is InChI=1S/C34H43N3O9S/c1-33(2,3)46-28(38)16-22-9-7-5-4-6-8-10-24-17-34(24,32(41)42)35-30(39)29-26-20-36(18-23(26)19-37(29)31(22)40)47(43,44)25-11-12-27-21(15-25)13-14-45-27/h8,10-15,22-24,26,29H,4-7,9,16-20H2,1-3H3,(H,35,39)(H,41,42)/b10-8-/t22-,23-,24+,26-,29-,34+/m0/s1. The number of hydrogen-bond acceptors (Lipinski definition) is 8. The highest BCUT2D eigenvalue weighted by molar-refractivity contribution is 7.89. The Kier molecular flexibility index (Phi) is 8.75. The second-order valence-corrected chi connectivity index (χ2v) is 16.4. The number of furan rings is 1. The number of nitrogens with zero attached hydrogens (tertiary/aromatic N) is 2. The molecule has 12 nitrogen and oxygen atoms in total. The lowest BCUT2D eigenvalue weighted by Crippen LogP contribution is -2.56. The summed E-state index contributed by atoms with van der Waals surface area (Å²) in [4.78, 5) is 55.5. The molecule has 6 atom stereocenters. The van der Waals surface area contributed by atoms with Crippen molar-refractivity contribution in [1.29, 1.82) is 0 Å². The maximum atomic E-state index is 14.3. The molecule has 47 heavy (non-hydrogen) atoms. The Balaban J connectivity index is 1.31. The Hall–Kier alpha value is -3.71. The number of carbonyl (C=O) groups is 4. The first-order valence-electron chi connectivity index (χ1n) is 16.4. The van der Waals surface area contributed by atoms with E-state index in [1.807, 2.05) is 12.2 Å². The van der Waals surface area contributed by atoms with E-state index in [0.29, 0.717) is 23.8 Å². The molecule has 4 aliphatic rings. The fourth-order valence-electron chi connectivity index (χ4n) is 7.50. The van der Waals surface area contributed by atoms with Crippen molar-refractivity contribution >= 4 is 44.7 Å². The van der Waals surface area contributed by atoms with E-state index < -0.39 is 56.9 Å².